The summed E-state index contributed by atoms with van der Waals surface area (Å²) in [5, 5.41) is 0. The first-order chi connectivity index (χ1) is 5.59. The number of benzene rings is 1. The highest BCUT2D eigenvalue weighted by Gasteiger charge is 2.00. The van der Waals surface area contributed by atoms with E-state index in [0.29, 0.717) is 0 Å². The van der Waals surface area contributed by atoms with Crippen LogP contribution in [-0.4, -0.2) is 6.10 Å². The molecular weight excluding hydrogens is 148 g/mol. The Kier molecular flexibility index (Phi) is 2.74. The predicted octanol–water partition coefficient (Wildman–Crippen LogP) is 3.09. The highest BCUT2D eigenvalue weighted by Crippen LogP contribution is 2.19. The van der Waals surface area contributed by atoms with E-state index in [1.54, 1.807) is 0 Å². The van der Waals surface area contributed by atoms with Gasteiger partial charge in [0.25, 0.3) is 0 Å². The Morgan fingerprint density at radius 1 is 1.17 bits per heavy atom. The Balaban J connectivity index is 2.90. The lowest BCUT2D eigenvalue weighted by molar-refractivity contribution is 0.240. The maximum absolute atomic E-state index is 5.63. The van der Waals surface area contributed by atoms with Crippen molar-refractivity contribution in [3.05, 3.63) is 29.3 Å². The number of hydrogen-bond donors (Lipinski definition) is 0. The molecule has 0 saturated heterocycles. The van der Waals surface area contributed by atoms with Crippen LogP contribution in [0.3, 0.4) is 0 Å². The van der Waals surface area contributed by atoms with Gasteiger partial charge in [0, 0.05) is 0 Å². The zero-order valence-corrected chi connectivity index (χ0v) is 8.22. The van der Waals surface area contributed by atoms with E-state index in [2.05, 4.69) is 32.0 Å². The van der Waals surface area contributed by atoms with Gasteiger partial charge < -0.3 is 4.74 Å². The van der Waals surface area contributed by atoms with Crippen LogP contribution in [0.15, 0.2) is 18.2 Å². The molecule has 0 unspecified atom stereocenters. The maximum Gasteiger partial charge on any atom is 0.122 e. The first-order valence-electron chi connectivity index (χ1n) is 4.33. The predicted molar refractivity (Wildman–Crippen MR) is 51.7 cm³/mol. The zero-order chi connectivity index (χ0) is 9.14. The molecule has 0 aliphatic carbocycles. The van der Waals surface area contributed by atoms with E-state index in [0.717, 1.165) is 5.75 Å². The van der Waals surface area contributed by atoms with Gasteiger partial charge in [0.2, 0.25) is 0 Å². The Hall–Kier alpha value is -0.980. The van der Waals surface area contributed by atoms with Crippen LogP contribution in [0, 0.1) is 13.8 Å². The molecule has 0 aliphatic rings. The summed E-state index contributed by atoms with van der Waals surface area (Å²) < 4.78 is 5.63. The average molecular weight is 164 g/mol. The summed E-state index contributed by atoms with van der Waals surface area (Å²) in [5.74, 6) is 1.00. The van der Waals surface area contributed by atoms with Gasteiger partial charge in [-0.3, -0.25) is 0 Å². The van der Waals surface area contributed by atoms with Crippen molar-refractivity contribution in [1.29, 1.82) is 0 Å². The van der Waals surface area contributed by atoms with Crippen LogP contribution in [0.2, 0.25) is 0 Å². The Labute approximate surface area is 74.4 Å². The van der Waals surface area contributed by atoms with Crippen LogP contribution >= 0.6 is 0 Å². The lowest BCUT2D eigenvalue weighted by Crippen LogP contribution is -2.06. The molecule has 0 radical (unpaired) electrons. The van der Waals surface area contributed by atoms with E-state index in [9.17, 15) is 0 Å². The number of hydrogen-bond acceptors (Lipinski definition) is 1. The summed E-state index contributed by atoms with van der Waals surface area (Å²) in [6.45, 7) is 8.23. The number of rotatable bonds is 2. The van der Waals surface area contributed by atoms with E-state index < -0.39 is 0 Å². The molecule has 0 spiro atoms. The quantitative estimate of drug-likeness (QED) is 0.652. The fraction of sp³-hybridized carbons (Fsp3) is 0.455. The molecule has 0 fully saturated rings. The Bertz CT molecular complexity index is 264. The smallest absolute Gasteiger partial charge is 0.122 e. The van der Waals surface area contributed by atoms with Crippen molar-refractivity contribution in [3.8, 4) is 5.75 Å². The third-order valence-corrected chi connectivity index (χ3v) is 1.71. The summed E-state index contributed by atoms with van der Waals surface area (Å²) in [6.07, 6.45) is 0.255. The summed E-state index contributed by atoms with van der Waals surface area (Å²) in [7, 11) is 0. The minimum Gasteiger partial charge on any atom is -0.491 e. The van der Waals surface area contributed by atoms with Crippen molar-refractivity contribution < 1.29 is 4.74 Å². The van der Waals surface area contributed by atoms with Gasteiger partial charge in [0.1, 0.15) is 5.75 Å². The largest absolute Gasteiger partial charge is 0.491 e. The van der Waals surface area contributed by atoms with Crippen molar-refractivity contribution in [3.63, 3.8) is 0 Å². The van der Waals surface area contributed by atoms with Crippen LogP contribution in [0.4, 0.5) is 0 Å². The third kappa shape index (κ3) is 2.26. The second-order valence-electron chi connectivity index (χ2n) is 3.44. The summed E-state index contributed by atoms with van der Waals surface area (Å²) >= 11 is 0. The normalized spacial score (nSPS) is 10.4. The minimum absolute atomic E-state index is 0.255. The first-order valence-corrected chi connectivity index (χ1v) is 4.33. The van der Waals surface area contributed by atoms with E-state index in [-0.39, 0.29) is 6.10 Å². The molecule has 0 atom stereocenters. The van der Waals surface area contributed by atoms with Crippen molar-refractivity contribution in [2.75, 3.05) is 0 Å². The second kappa shape index (κ2) is 3.61. The van der Waals surface area contributed by atoms with Gasteiger partial charge in [-0.2, -0.15) is 0 Å². The molecule has 0 aromatic heterocycles. The summed E-state index contributed by atoms with van der Waals surface area (Å²) in [6, 6.07) is 6.27. The highest BCUT2D eigenvalue weighted by molar-refractivity contribution is 5.36. The molecule has 12 heavy (non-hydrogen) atoms. The molecule has 1 heteroatoms. The SMILES string of the molecule is Cc1ccc(C)c(OC(C)C)c1. The molecule has 0 saturated carbocycles. The van der Waals surface area contributed by atoms with Gasteiger partial charge in [0.15, 0.2) is 0 Å². The first kappa shape index (κ1) is 9.11. The Morgan fingerprint density at radius 2 is 1.83 bits per heavy atom. The molecule has 0 heterocycles. The van der Waals surface area contributed by atoms with Crippen molar-refractivity contribution in [2.45, 2.75) is 33.8 Å². The standard InChI is InChI=1S/C11H16O/c1-8(2)12-11-7-9(3)5-6-10(11)4/h5-8H,1-4H3. The number of ether oxygens (including phenoxy) is 1. The van der Waals surface area contributed by atoms with Gasteiger partial charge >= 0.3 is 0 Å². The molecule has 0 N–H and O–H groups in total. The summed E-state index contributed by atoms with van der Waals surface area (Å²) in [5.41, 5.74) is 2.45. The molecule has 1 aromatic rings. The van der Waals surface area contributed by atoms with Gasteiger partial charge in [0.05, 0.1) is 6.10 Å². The van der Waals surface area contributed by atoms with Crippen LogP contribution in [0.25, 0.3) is 0 Å². The van der Waals surface area contributed by atoms with Crippen molar-refractivity contribution in [2.24, 2.45) is 0 Å². The fourth-order valence-electron chi connectivity index (χ4n) is 1.09. The van der Waals surface area contributed by atoms with Gasteiger partial charge in [-0.1, -0.05) is 12.1 Å². The van der Waals surface area contributed by atoms with Gasteiger partial charge in [-0.05, 0) is 44.9 Å². The van der Waals surface area contributed by atoms with Crippen LogP contribution < -0.4 is 4.74 Å². The monoisotopic (exact) mass is 164 g/mol. The Morgan fingerprint density at radius 3 is 2.42 bits per heavy atom. The minimum atomic E-state index is 0.255. The van der Waals surface area contributed by atoms with E-state index in [4.69, 9.17) is 4.74 Å². The third-order valence-electron chi connectivity index (χ3n) is 1.71. The number of aryl methyl sites for hydroxylation is 2. The van der Waals surface area contributed by atoms with Crippen molar-refractivity contribution in [1.82, 2.24) is 0 Å². The molecule has 1 rings (SSSR count). The van der Waals surface area contributed by atoms with Crippen LogP contribution in [-0.2, 0) is 0 Å². The molecule has 0 amide bonds. The van der Waals surface area contributed by atoms with Crippen LogP contribution in [0.5, 0.6) is 5.75 Å². The zero-order valence-electron chi connectivity index (χ0n) is 8.22. The topological polar surface area (TPSA) is 9.23 Å². The molecular formula is C11H16O. The van der Waals surface area contributed by atoms with Gasteiger partial charge in [-0.25, -0.2) is 0 Å². The van der Waals surface area contributed by atoms with E-state index >= 15 is 0 Å². The van der Waals surface area contributed by atoms with E-state index in [1.807, 2.05) is 13.8 Å². The molecule has 0 aliphatic heterocycles. The molecule has 66 valence electrons. The lowest BCUT2D eigenvalue weighted by atomic mass is 10.1. The van der Waals surface area contributed by atoms with E-state index in [1.165, 1.54) is 11.1 Å². The molecule has 0 bridgehead atoms. The molecule has 1 aromatic carbocycles. The average Bonchev–Trinajstić information content (AvgIpc) is 1.96. The van der Waals surface area contributed by atoms with Gasteiger partial charge in [-0.15, -0.1) is 0 Å². The summed E-state index contributed by atoms with van der Waals surface area (Å²) in [4.78, 5) is 0. The van der Waals surface area contributed by atoms with Crippen molar-refractivity contribution >= 4 is 0 Å². The van der Waals surface area contributed by atoms with Crippen LogP contribution in [0.1, 0.15) is 25.0 Å². The molecule has 1 nitrogen and oxygen atoms in total. The second-order valence-corrected chi connectivity index (χ2v) is 3.44. The fourth-order valence-corrected chi connectivity index (χ4v) is 1.09. The lowest BCUT2D eigenvalue weighted by Gasteiger charge is -2.12. The maximum atomic E-state index is 5.63. The highest BCUT2D eigenvalue weighted by atomic mass is 16.5.